The molecule has 0 saturated carbocycles. The second kappa shape index (κ2) is 9.64. The summed E-state index contributed by atoms with van der Waals surface area (Å²) >= 11 is 0. The van der Waals surface area contributed by atoms with Crippen LogP contribution in [-0.2, 0) is 14.6 Å². The highest BCUT2D eigenvalue weighted by Crippen LogP contribution is 2.27. The van der Waals surface area contributed by atoms with Gasteiger partial charge in [-0.3, -0.25) is 14.0 Å². The average molecular weight is 435 g/mol. The first-order valence-electron chi connectivity index (χ1n) is 8.90. The number of sulfone groups is 1. The summed E-state index contributed by atoms with van der Waals surface area (Å²) in [5.74, 6) is -2.59. The van der Waals surface area contributed by atoms with Crippen molar-refractivity contribution in [2.75, 3.05) is 12.9 Å². The van der Waals surface area contributed by atoms with Crippen molar-refractivity contribution in [3.05, 3.63) is 65.2 Å². The molecule has 0 radical (unpaired) electrons. The van der Waals surface area contributed by atoms with E-state index in [1.165, 1.54) is 54.6 Å². The number of alkyl halides is 1. The number of phenols is 1. The van der Waals surface area contributed by atoms with E-state index in [2.05, 4.69) is 0 Å². The van der Waals surface area contributed by atoms with Crippen LogP contribution in [0, 0.1) is 5.92 Å². The molecule has 0 unspecified atom stereocenters. The third-order valence-electron chi connectivity index (χ3n) is 4.51. The van der Waals surface area contributed by atoms with E-state index in [0.29, 0.717) is 11.1 Å². The lowest BCUT2D eigenvalue weighted by molar-refractivity contribution is -0.116. The molecule has 160 valence electrons. The molecule has 0 spiro atoms. The lowest BCUT2D eigenvalue weighted by Gasteiger charge is -2.19. The predicted molar refractivity (Wildman–Crippen MR) is 109 cm³/mol. The minimum Gasteiger partial charge on any atom is -0.507 e. The summed E-state index contributed by atoms with van der Waals surface area (Å²) in [6.07, 6.45) is 2.04. The number of primary amides is 1. The molecule has 0 aliphatic heterocycles. The Morgan fingerprint density at radius 1 is 1.17 bits per heavy atom. The number of halogens is 1. The SMILES string of the molecule is CS(=O)(=O)c1ccc([C@@H](O)[C@@H](CF)CC(=O)/C=C/c2ccc(C(N)=O)c(O)c2)cc1. The molecule has 0 bridgehead atoms. The number of aliphatic hydroxyl groups excluding tert-OH is 1. The average Bonchev–Trinajstić information content (AvgIpc) is 2.69. The Hall–Kier alpha value is -3.04. The standard InChI is InChI=1S/C21H22FNO6S/c1-30(28,29)17-7-4-14(5-8-17)20(26)15(12-22)11-16(24)6-2-13-3-9-18(21(23)27)19(25)10-13/h2-10,15,20,25-26H,11-12H2,1H3,(H2,23,27)/b6-2+/t15-,20-/m1/s1. The van der Waals surface area contributed by atoms with Crippen LogP contribution in [0.5, 0.6) is 5.75 Å². The number of benzene rings is 2. The van der Waals surface area contributed by atoms with E-state index in [-0.39, 0.29) is 22.6 Å². The molecule has 9 heteroatoms. The Bertz CT molecular complexity index is 1060. The summed E-state index contributed by atoms with van der Waals surface area (Å²) in [6, 6.07) is 9.44. The van der Waals surface area contributed by atoms with Crippen LogP contribution < -0.4 is 5.73 Å². The maximum atomic E-state index is 13.4. The van der Waals surface area contributed by atoms with Gasteiger partial charge in [-0.1, -0.05) is 24.3 Å². The van der Waals surface area contributed by atoms with E-state index in [4.69, 9.17) is 5.73 Å². The normalized spacial score (nSPS) is 13.8. The van der Waals surface area contributed by atoms with Gasteiger partial charge in [-0.2, -0.15) is 0 Å². The second-order valence-electron chi connectivity index (χ2n) is 6.85. The number of hydrogen-bond acceptors (Lipinski definition) is 6. The Kier molecular flexibility index (Phi) is 7.47. The van der Waals surface area contributed by atoms with Gasteiger partial charge in [-0.05, 0) is 41.5 Å². The van der Waals surface area contributed by atoms with Gasteiger partial charge in [0.15, 0.2) is 15.6 Å². The van der Waals surface area contributed by atoms with E-state index in [9.17, 15) is 32.6 Å². The van der Waals surface area contributed by atoms with Crippen molar-refractivity contribution in [1.82, 2.24) is 0 Å². The highest BCUT2D eigenvalue weighted by Gasteiger charge is 2.23. The second-order valence-corrected chi connectivity index (χ2v) is 8.86. The molecule has 0 heterocycles. The number of nitrogens with two attached hydrogens (primary N) is 1. The van der Waals surface area contributed by atoms with Gasteiger partial charge in [0.2, 0.25) is 0 Å². The molecule has 4 N–H and O–H groups in total. The van der Waals surface area contributed by atoms with Crippen LogP contribution >= 0.6 is 0 Å². The maximum absolute atomic E-state index is 13.4. The van der Waals surface area contributed by atoms with Crippen LogP contribution in [0.2, 0.25) is 0 Å². The Balaban J connectivity index is 2.07. The Morgan fingerprint density at radius 2 is 1.80 bits per heavy atom. The molecule has 0 aliphatic carbocycles. The van der Waals surface area contributed by atoms with Crippen LogP contribution in [0.1, 0.15) is 34.0 Å². The summed E-state index contributed by atoms with van der Waals surface area (Å²) in [6.45, 7) is -0.956. The molecule has 2 rings (SSSR count). The number of allylic oxidation sites excluding steroid dienone is 1. The monoisotopic (exact) mass is 435 g/mol. The first-order valence-corrected chi connectivity index (χ1v) is 10.8. The molecule has 30 heavy (non-hydrogen) atoms. The molecular weight excluding hydrogens is 413 g/mol. The van der Waals surface area contributed by atoms with Crippen LogP contribution in [0.3, 0.4) is 0 Å². The van der Waals surface area contributed by atoms with Gasteiger partial charge in [0.25, 0.3) is 5.91 Å². The number of amides is 1. The quantitative estimate of drug-likeness (QED) is 0.517. The maximum Gasteiger partial charge on any atom is 0.252 e. The predicted octanol–water partition coefficient (Wildman–Crippen LogP) is 2.19. The van der Waals surface area contributed by atoms with Crippen molar-refractivity contribution in [2.45, 2.75) is 17.4 Å². The zero-order valence-electron chi connectivity index (χ0n) is 16.2. The zero-order chi connectivity index (χ0) is 22.5. The van der Waals surface area contributed by atoms with E-state index < -0.39 is 40.2 Å². The lowest BCUT2D eigenvalue weighted by Crippen LogP contribution is -2.18. The van der Waals surface area contributed by atoms with Crippen LogP contribution in [0.25, 0.3) is 6.08 Å². The summed E-state index contributed by atoms with van der Waals surface area (Å²) in [7, 11) is -3.40. The van der Waals surface area contributed by atoms with Crippen LogP contribution in [0.4, 0.5) is 4.39 Å². The number of carbonyl (C=O) groups is 2. The number of ketones is 1. The minimum absolute atomic E-state index is 0.0546. The van der Waals surface area contributed by atoms with Gasteiger partial charge in [-0.25, -0.2) is 8.42 Å². The fourth-order valence-corrected chi connectivity index (χ4v) is 3.44. The fraction of sp³-hybridized carbons (Fsp3) is 0.238. The van der Waals surface area contributed by atoms with Gasteiger partial charge in [0.1, 0.15) is 5.75 Å². The van der Waals surface area contributed by atoms with Gasteiger partial charge in [0, 0.05) is 18.6 Å². The largest absolute Gasteiger partial charge is 0.507 e. The topological polar surface area (TPSA) is 135 Å². The van der Waals surface area contributed by atoms with Gasteiger partial charge in [0.05, 0.1) is 23.2 Å². The molecule has 1 amide bonds. The summed E-state index contributed by atoms with van der Waals surface area (Å²) < 4.78 is 36.4. The smallest absolute Gasteiger partial charge is 0.252 e. The highest BCUT2D eigenvalue weighted by molar-refractivity contribution is 7.90. The van der Waals surface area contributed by atoms with Crippen molar-refractivity contribution < 1.29 is 32.6 Å². The van der Waals surface area contributed by atoms with Crippen LogP contribution in [-0.4, -0.2) is 43.3 Å². The number of aromatic hydroxyl groups is 1. The highest BCUT2D eigenvalue weighted by atomic mass is 32.2. The third kappa shape index (κ3) is 5.98. The molecular formula is C21H22FNO6S. The van der Waals surface area contributed by atoms with E-state index >= 15 is 0 Å². The summed E-state index contributed by atoms with van der Waals surface area (Å²) in [4.78, 5) is 23.4. The molecule has 2 aromatic rings. The van der Waals surface area contributed by atoms with Crippen molar-refractivity contribution in [1.29, 1.82) is 0 Å². The molecule has 0 aromatic heterocycles. The van der Waals surface area contributed by atoms with Crippen molar-refractivity contribution in [2.24, 2.45) is 11.7 Å². The van der Waals surface area contributed by atoms with E-state index in [1.807, 2.05) is 0 Å². The van der Waals surface area contributed by atoms with Crippen molar-refractivity contribution in [3.8, 4) is 5.75 Å². The molecule has 2 atom stereocenters. The molecule has 7 nitrogen and oxygen atoms in total. The van der Waals surface area contributed by atoms with Gasteiger partial charge >= 0.3 is 0 Å². The van der Waals surface area contributed by atoms with Gasteiger partial charge in [-0.15, -0.1) is 0 Å². The first-order chi connectivity index (χ1) is 14.0. The number of rotatable bonds is 9. The van der Waals surface area contributed by atoms with E-state index in [1.54, 1.807) is 0 Å². The molecule has 0 fully saturated rings. The third-order valence-corrected chi connectivity index (χ3v) is 5.64. The molecule has 0 saturated heterocycles. The molecule has 2 aromatic carbocycles. The van der Waals surface area contributed by atoms with Crippen molar-refractivity contribution in [3.63, 3.8) is 0 Å². The zero-order valence-corrected chi connectivity index (χ0v) is 17.0. The lowest BCUT2D eigenvalue weighted by atomic mass is 9.92. The Labute approximate surface area is 173 Å². The number of hydrogen-bond donors (Lipinski definition) is 3. The van der Waals surface area contributed by atoms with Gasteiger partial charge < -0.3 is 15.9 Å². The molecule has 0 aliphatic rings. The van der Waals surface area contributed by atoms with Crippen LogP contribution in [0.15, 0.2) is 53.4 Å². The van der Waals surface area contributed by atoms with Crippen molar-refractivity contribution >= 4 is 27.6 Å². The minimum atomic E-state index is -3.40. The summed E-state index contributed by atoms with van der Waals surface area (Å²) in [5.41, 5.74) is 5.78. The number of carbonyl (C=O) groups excluding carboxylic acids is 2. The number of aliphatic hydroxyl groups is 1. The Morgan fingerprint density at radius 3 is 2.30 bits per heavy atom. The summed E-state index contributed by atoms with van der Waals surface area (Å²) in [5, 5.41) is 20.1. The van der Waals surface area contributed by atoms with E-state index in [0.717, 1.165) is 6.26 Å². The fourth-order valence-electron chi connectivity index (χ4n) is 2.81. The first kappa shape index (κ1) is 23.2.